The van der Waals surface area contributed by atoms with Crippen LogP contribution in [-0.2, 0) is 11.2 Å². The summed E-state index contributed by atoms with van der Waals surface area (Å²) in [5.41, 5.74) is 2.43. The molecular formula is C12H13ClF3NO2. The van der Waals surface area contributed by atoms with E-state index in [1.165, 1.54) is 25.3 Å². The summed E-state index contributed by atoms with van der Waals surface area (Å²) < 4.78 is 42.9. The van der Waals surface area contributed by atoms with Crippen molar-refractivity contribution in [3.63, 3.8) is 0 Å². The minimum absolute atomic E-state index is 0.265. The second-order valence-electron chi connectivity index (χ2n) is 4.26. The number of halogens is 4. The van der Waals surface area contributed by atoms with Gasteiger partial charge in [-0.25, -0.2) is 0 Å². The van der Waals surface area contributed by atoms with Gasteiger partial charge in [0.1, 0.15) is 5.75 Å². The number of benzene rings is 1. The number of ketones is 1. The van der Waals surface area contributed by atoms with Gasteiger partial charge >= 0.3 is 6.18 Å². The van der Waals surface area contributed by atoms with E-state index in [-0.39, 0.29) is 11.3 Å². The molecule has 0 aromatic heterocycles. The summed E-state index contributed by atoms with van der Waals surface area (Å²) in [5, 5.41) is 0.300. The van der Waals surface area contributed by atoms with Crippen LogP contribution in [-0.4, -0.2) is 24.6 Å². The number of alkyl halides is 3. The number of ether oxygens (including phenoxy) is 1. The maximum atomic E-state index is 12.6. The molecule has 2 N–H and O–H groups in total. The van der Waals surface area contributed by atoms with Crippen LogP contribution in [0.1, 0.15) is 12.5 Å². The first-order chi connectivity index (χ1) is 8.59. The number of carbonyl (C=O) groups is 1. The van der Waals surface area contributed by atoms with Crippen LogP contribution in [0.4, 0.5) is 13.2 Å². The molecule has 1 rings (SSSR count). The highest BCUT2D eigenvalue weighted by molar-refractivity contribution is 6.30. The Morgan fingerprint density at radius 3 is 2.47 bits per heavy atom. The molecule has 0 amide bonds. The van der Waals surface area contributed by atoms with Crippen LogP contribution >= 0.6 is 11.6 Å². The van der Waals surface area contributed by atoms with Crippen molar-refractivity contribution in [2.75, 3.05) is 7.11 Å². The predicted octanol–water partition coefficient (Wildman–Crippen LogP) is 2.74. The summed E-state index contributed by atoms with van der Waals surface area (Å²) in [6.45, 7) is 0.645. The van der Waals surface area contributed by atoms with Crippen LogP contribution in [0.25, 0.3) is 0 Å². The fourth-order valence-electron chi connectivity index (χ4n) is 1.40. The van der Waals surface area contributed by atoms with Gasteiger partial charge in [0.2, 0.25) is 0 Å². The van der Waals surface area contributed by atoms with E-state index in [1.807, 2.05) is 0 Å². The second-order valence-corrected chi connectivity index (χ2v) is 4.69. The fraction of sp³-hybridized carbons (Fsp3) is 0.417. The van der Waals surface area contributed by atoms with E-state index in [1.54, 1.807) is 0 Å². The molecule has 7 heteroatoms. The van der Waals surface area contributed by atoms with Gasteiger partial charge in [-0.1, -0.05) is 11.6 Å². The molecule has 0 aliphatic rings. The van der Waals surface area contributed by atoms with Crippen LogP contribution < -0.4 is 10.5 Å². The molecule has 1 atom stereocenters. The lowest BCUT2D eigenvalue weighted by molar-refractivity contribution is -0.185. The predicted molar refractivity (Wildman–Crippen MR) is 65.4 cm³/mol. The monoisotopic (exact) mass is 295 g/mol. The third kappa shape index (κ3) is 3.39. The van der Waals surface area contributed by atoms with Crippen molar-refractivity contribution in [3.8, 4) is 5.75 Å². The Balaban J connectivity index is 3.03. The lowest BCUT2D eigenvalue weighted by Crippen LogP contribution is -2.57. The van der Waals surface area contributed by atoms with Gasteiger partial charge < -0.3 is 10.5 Å². The number of carbonyl (C=O) groups excluding carboxylic acids is 1. The van der Waals surface area contributed by atoms with Gasteiger partial charge in [0, 0.05) is 17.0 Å². The van der Waals surface area contributed by atoms with Gasteiger partial charge in [-0.2, -0.15) is 13.2 Å². The Hall–Kier alpha value is -1.27. The van der Waals surface area contributed by atoms with Crippen molar-refractivity contribution >= 4 is 17.4 Å². The Bertz CT molecular complexity index is 486. The fourth-order valence-corrected chi connectivity index (χ4v) is 1.59. The molecule has 0 spiro atoms. The quantitative estimate of drug-likeness (QED) is 0.929. The van der Waals surface area contributed by atoms with Crippen molar-refractivity contribution in [1.29, 1.82) is 0 Å². The lowest BCUT2D eigenvalue weighted by Gasteiger charge is -2.26. The standard InChI is InChI=1S/C12H13ClF3NO2/c1-11(17,12(14,15)16)10(18)6-7-5-8(13)3-4-9(7)19-2/h3-5H,6,17H2,1-2H3. The smallest absolute Gasteiger partial charge is 0.413 e. The summed E-state index contributed by atoms with van der Waals surface area (Å²) in [7, 11) is 1.35. The molecule has 1 aromatic rings. The largest absolute Gasteiger partial charge is 0.496 e. The van der Waals surface area contributed by atoms with E-state index in [4.69, 9.17) is 22.1 Å². The molecule has 0 bridgehead atoms. The summed E-state index contributed by atoms with van der Waals surface area (Å²) in [4.78, 5) is 11.7. The zero-order chi connectivity index (χ0) is 14.8. The summed E-state index contributed by atoms with van der Waals surface area (Å²) in [5.74, 6) is -0.865. The SMILES string of the molecule is COc1ccc(Cl)cc1CC(=O)C(C)(N)C(F)(F)F. The molecule has 0 aliphatic heterocycles. The van der Waals surface area contributed by atoms with Gasteiger partial charge in [-0.05, 0) is 25.1 Å². The van der Waals surface area contributed by atoms with Crippen molar-refractivity contribution in [2.45, 2.75) is 25.1 Å². The number of hydrogen-bond acceptors (Lipinski definition) is 3. The summed E-state index contributed by atoms with van der Waals surface area (Å²) in [6, 6.07) is 4.37. The maximum absolute atomic E-state index is 12.6. The van der Waals surface area contributed by atoms with E-state index < -0.39 is 23.9 Å². The Morgan fingerprint density at radius 2 is 2.00 bits per heavy atom. The minimum atomic E-state index is -4.81. The van der Waals surface area contributed by atoms with E-state index in [2.05, 4.69) is 0 Å². The zero-order valence-corrected chi connectivity index (χ0v) is 11.1. The molecule has 3 nitrogen and oxygen atoms in total. The topological polar surface area (TPSA) is 52.3 Å². The molecule has 0 radical (unpaired) electrons. The van der Waals surface area contributed by atoms with E-state index in [0.717, 1.165) is 0 Å². The first kappa shape index (κ1) is 15.8. The number of hydrogen-bond donors (Lipinski definition) is 1. The molecular weight excluding hydrogens is 283 g/mol. The Labute approximate surface area is 113 Å². The second kappa shape index (κ2) is 5.38. The Kier molecular flexibility index (Phi) is 4.47. The van der Waals surface area contributed by atoms with Crippen LogP contribution in [0.5, 0.6) is 5.75 Å². The highest BCUT2D eigenvalue weighted by Crippen LogP contribution is 2.31. The molecule has 0 saturated heterocycles. The van der Waals surface area contributed by atoms with Crippen LogP contribution in [0, 0.1) is 0 Å². The normalized spacial score (nSPS) is 14.9. The summed E-state index contributed by atoms with van der Waals surface area (Å²) >= 11 is 5.74. The van der Waals surface area contributed by atoms with E-state index in [0.29, 0.717) is 11.9 Å². The van der Waals surface area contributed by atoms with Crippen molar-refractivity contribution in [1.82, 2.24) is 0 Å². The van der Waals surface area contributed by atoms with Gasteiger partial charge in [0.05, 0.1) is 7.11 Å². The molecule has 19 heavy (non-hydrogen) atoms. The third-order valence-corrected chi connectivity index (χ3v) is 3.00. The Morgan fingerprint density at radius 1 is 1.42 bits per heavy atom. The third-order valence-electron chi connectivity index (χ3n) is 2.76. The average molecular weight is 296 g/mol. The van der Waals surface area contributed by atoms with Crippen LogP contribution in [0.2, 0.25) is 5.02 Å². The van der Waals surface area contributed by atoms with Gasteiger partial charge in [-0.15, -0.1) is 0 Å². The number of rotatable bonds is 4. The highest BCUT2D eigenvalue weighted by atomic mass is 35.5. The first-order valence-corrected chi connectivity index (χ1v) is 5.68. The van der Waals surface area contributed by atoms with Crippen LogP contribution in [0.3, 0.4) is 0 Å². The molecule has 1 unspecified atom stereocenters. The minimum Gasteiger partial charge on any atom is -0.496 e. The highest BCUT2D eigenvalue weighted by Gasteiger charge is 2.53. The molecule has 0 fully saturated rings. The molecule has 0 heterocycles. The average Bonchev–Trinajstić information content (AvgIpc) is 2.27. The van der Waals surface area contributed by atoms with E-state index in [9.17, 15) is 18.0 Å². The molecule has 0 saturated carbocycles. The lowest BCUT2D eigenvalue weighted by atomic mass is 9.92. The number of Topliss-reactive ketones (excluding diaryl/α,β-unsaturated/α-hetero) is 1. The van der Waals surface area contributed by atoms with E-state index >= 15 is 0 Å². The van der Waals surface area contributed by atoms with Gasteiger partial charge in [-0.3, -0.25) is 4.79 Å². The molecule has 106 valence electrons. The first-order valence-electron chi connectivity index (χ1n) is 5.31. The molecule has 1 aromatic carbocycles. The van der Waals surface area contributed by atoms with Crippen molar-refractivity contribution in [3.05, 3.63) is 28.8 Å². The zero-order valence-electron chi connectivity index (χ0n) is 10.3. The van der Waals surface area contributed by atoms with Gasteiger partial charge in [0.25, 0.3) is 0 Å². The van der Waals surface area contributed by atoms with Crippen molar-refractivity contribution < 1.29 is 22.7 Å². The molecule has 0 aliphatic carbocycles. The summed E-state index contributed by atoms with van der Waals surface area (Å²) in [6.07, 6.45) is -5.31. The maximum Gasteiger partial charge on any atom is 0.413 e. The van der Waals surface area contributed by atoms with Gasteiger partial charge in [0.15, 0.2) is 11.3 Å². The van der Waals surface area contributed by atoms with Crippen LogP contribution in [0.15, 0.2) is 18.2 Å². The number of methoxy groups -OCH3 is 1. The number of nitrogens with two attached hydrogens (primary N) is 1. The van der Waals surface area contributed by atoms with Crippen molar-refractivity contribution in [2.24, 2.45) is 5.73 Å².